The van der Waals surface area contributed by atoms with Gasteiger partial charge in [-0.1, -0.05) is 19.1 Å². The number of halogens is 1. The smallest absolute Gasteiger partial charge is 0.222 e. The van der Waals surface area contributed by atoms with Gasteiger partial charge >= 0.3 is 0 Å². The summed E-state index contributed by atoms with van der Waals surface area (Å²) in [4.78, 5) is 18.8. The number of guanidine groups is 1. The summed E-state index contributed by atoms with van der Waals surface area (Å²) in [7, 11) is 0. The van der Waals surface area contributed by atoms with E-state index in [1.54, 1.807) is 6.20 Å². The first-order chi connectivity index (χ1) is 14.7. The Bertz CT molecular complexity index is 806. The highest BCUT2D eigenvalue weighted by Crippen LogP contribution is 2.18. The number of aromatic nitrogens is 2. The summed E-state index contributed by atoms with van der Waals surface area (Å²) in [6.45, 7) is 7.49. The Morgan fingerprint density at radius 1 is 1.23 bits per heavy atom. The molecule has 2 N–H and O–H groups in total. The number of hydrogen-bond acceptors (Lipinski definition) is 3. The second-order valence-electron chi connectivity index (χ2n) is 7.60. The van der Waals surface area contributed by atoms with E-state index in [1.807, 2.05) is 21.8 Å². The molecule has 0 saturated carbocycles. The van der Waals surface area contributed by atoms with Crippen molar-refractivity contribution in [3.8, 4) is 5.69 Å². The first-order valence-corrected chi connectivity index (χ1v) is 11.1. The molecule has 0 spiro atoms. The molecule has 1 fully saturated rings. The maximum Gasteiger partial charge on any atom is 0.222 e. The number of carbonyl (C=O) groups is 1. The zero-order chi connectivity index (χ0) is 21.2. The summed E-state index contributed by atoms with van der Waals surface area (Å²) in [6.07, 6.45) is 8.24. The molecule has 1 aromatic heterocycles. The summed E-state index contributed by atoms with van der Waals surface area (Å²) in [5, 5.41) is 11.0. The van der Waals surface area contributed by atoms with Gasteiger partial charge in [0.05, 0.1) is 5.69 Å². The molecule has 1 atom stereocenters. The van der Waals surface area contributed by atoms with Crippen LogP contribution in [0.3, 0.4) is 0 Å². The molecule has 2 aromatic rings. The Hall–Kier alpha value is -2.10. The van der Waals surface area contributed by atoms with E-state index in [2.05, 4.69) is 53.8 Å². The Kier molecular flexibility index (Phi) is 10.8. The molecule has 1 unspecified atom stereocenters. The molecule has 1 aromatic carbocycles. The summed E-state index contributed by atoms with van der Waals surface area (Å²) in [5.74, 6) is 1.14. The third kappa shape index (κ3) is 7.52. The van der Waals surface area contributed by atoms with Crippen LogP contribution in [0.4, 0.5) is 0 Å². The van der Waals surface area contributed by atoms with Crippen LogP contribution < -0.4 is 10.6 Å². The quantitative estimate of drug-likeness (QED) is 0.277. The van der Waals surface area contributed by atoms with Gasteiger partial charge in [0.25, 0.3) is 0 Å². The number of aliphatic imine (C=N–C) groups is 1. The predicted molar refractivity (Wildman–Crippen MR) is 136 cm³/mol. The zero-order valence-corrected chi connectivity index (χ0v) is 20.9. The third-order valence-corrected chi connectivity index (χ3v) is 5.51. The van der Waals surface area contributed by atoms with E-state index in [9.17, 15) is 4.79 Å². The van der Waals surface area contributed by atoms with Crippen LogP contribution in [0.15, 0.2) is 47.7 Å². The van der Waals surface area contributed by atoms with Crippen molar-refractivity contribution in [1.82, 2.24) is 25.3 Å². The lowest BCUT2D eigenvalue weighted by Gasteiger charge is -2.26. The number of likely N-dealkylation sites (tertiary alicyclic amines) is 1. The normalized spacial score (nSPS) is 15.0. The summed E-state index contributed by atoms with van der Waals surface area (Å²) in [5.41, 5.74) is 2.33. The van der Waals surface area contributed by atoms with Crippen molar-refractivity contribution < 1.29 is 4.79 Å². The van der Waals surface area contributed by atoms with Crippen molar-refractivity contribution in [2.24, 2.45) is 4.99 Å². The van der Waals surface area contributed by atoms with Crippen LogP contribution in [0.2, 0.25) is 0 Å². The van der Waals surface area contributed by atoms with Gasteiger partial charge in [-0.3, -0.25) is 9.79 Å². The molecule has 0 aliphatic carbocycles. The number of benzene rings is 1. The minimum absolute atomic E-state index is 0. The molecule has 1 amide bonds. The van der Waals surface area contributed by atoms with Gasteiger partial charge in [-0.25, -0.2) is 4.68 Å². The van der Waals surface area contributed by atoms with Crippen LogP contribution in [-0.4, -0.2) is 58.8 Å². The Balaban J connectivity index is 0.00000341. The highest BCUT2D eigenvalue weighted by Gasteiger charge is 2.26. The van der Waals surface area contributed by atoms with Crippen LogP contribution in [0, 0.1) is 0 Å². The van der Waals surface area contributed by atoms with Gasteiger partial charge in [0.1, 0.15) is 0 Å². The lowest BCUT2D eigenvalue weighted by Crippen LogP contribution is -2.39. The van der Waals surface area contributed by atoms with E-state index in [4.69, 9.17) is 4.99 Å². The van der Waals surface area contributed by atoms with Crippen molar-refractivity contribution in [3.63, 3.8) is 0 Å². The second kappa shape index (κ2) is 13.3. The Morgan fingerprint density at radius 3 is 2.65 bits per heavy atom. The molecule has 0 bridgehead atoms. The van der Waals surface area contributed by atoms with Gasteiger partial charge in [-0.2, -0.15) is 5.10 Å². The van der Waals surface area contributed by atoms with Crippen molar-refractivity contribution in [2.75, 3.05) is 26.2 Å². The van der Waals surface area contributed by atoms with Gasteiger partial charge in [0.15, 0.2) is 5.96 Å². The topological polar surface area (TPSA) is 74.6 Å². The summed E-state index contributed by atoms with van der Waals surface area (Å²) >= 11 is 0. The average Bonchev–Trinajstić information content (AvgIpc) is 3.44. The van der Waals surface area contributed by atoms with E-state index in [-0.39, 0.29) is 24.0 Å². The minimum Gasteiger partial charge on any atom is -0.357 e. The van der Waals surface area contributed by atoms with Gasteiger partial charge in [-0.05, 0) is 56.4 Å². The fourth-order valence-electron chi connectivity index (χ4n) is 3.86. The maximum atomic E-state index is 12.0. The molecule has 170 valence electrons. The molecular formula is C23H35IN6O. The summed E-state index contributed by atoms with van der Waals surface area (Å²) in [6, 6.07) is 10.7. The molecule has 7 nitrogen and oxygen atoms in total. The molecule has 1 aliphatic heterocycles. The van der Waals surface area contributed by atoms with Crippen LogP contribution >= 0.6 is 24.0 Å². The Labute approximate surface area is 202 Å². The van der Waals surface area contributed by atoms with E-state index in [0.29, 0.717) is 18.4 Å². The van der Waals surface area contributed by atoms with E-state index in [0.717, 1.165) is 63.5 Å². The van der Waals surface area contributed by atoms with Crippen molar-refractivity contribution in [2.45, 2.75) is 52.0 Å². The molecule has 3 rings (SSSR count). The molecule has 1 saturated heterocycles. The van der Waals surface area contributed by atoms with Crippen LogP contribution in [0.25, 0.3) is 5.69 Å². The number of nitrogens with zero attached hydrogens (tertiary/aromatic N) is 4. The molecule has 8 heteroatoms. The van der Waals surface area contributed by atoms with Gasteiger partial charge < -0.3 is 15.5 Å². The summed E-state index contributed by atoms with van der Waals surface area (Å²) < 4.78 is 1.86. The van der Waals surface area contributed by atoms with Crippen LogP contribution in [0.5, 0.6) is 0 Å². The van der Waals surface area contributed by atoms with E-state index in [1.165, 1.54) is 5.56 Å². The maximum absolute atomic E-state index is 12.0. The fraction of sp³-hybridized carbons (Fsp3) is 0.522. The van der Waals surface area contributed by atoms with E-state index >= 15 is 0 Å². The monoisotopic (exact) mass is 538 g/mol. The Morgan fingerprint density at radius 2 is 2.03 bits per heavy atom. The largest absolute Gasteiger partial charge is 0.357 e. The average molecular weight is 538 g/mol. The number of hydrogen-bond donors (Lipinski definition) is 2. The minimum atomic E-state index is 0. The third-order valence-electron chi connectivity index (χ3n) is 5.51. The van der Waals surface area contributed by atoms with Crippen molar-refractivity contribution in [3.05, 3.63) is 48.3 Å². The molecule has 1 aliphatic rings. The molecular weight excluding hydrogens is 503 g/mol. The van der Waals surface area contributed by atoms with Crippen LogP contribution in [-0.2, 0) is 11.2 Å². The van der Waals surface area contributed by atoms with Crippen LogP contribution in [0.1, 0.15) is 45.1 Å². The van der Waals surface area contributed by atoms with Gasteiger partial charge in [0, 0.05) is 51.0 Å². The lowest BCUT2D eigenvalue weighted by molar-refractivity contribution is -0.129. The molecule has 0 radical (unpaired) electrons. The standard InChI is InChI=1S/C23H34N6O.HI/c1-3-20(28-17-5-7-22(28)30)13-16-26-23(24-4-2)25-15-12-19-8-10-21(11-9-19)29-18-6-14-27-29;/h6,8-11,14,18,20H,3-5,7,12-13,15-17H2,1-2H3,(H2,24,25,26);1H. The molecule has 31 heavy (non-hydrogen) atoms. The number of nitrogens with one attached hydrogen (secondary N) is 2. The first-order valence-electron chi connectivity index (χ1n) is 11.1. The zero-order valence-electron chi connectivity index (χ0n) is 18.6. The van der Waals surface area contributed by atoms with Gasteiger partial charge in [-0.15, -0.1) is 24.0 Å². The predicted octanol–water partition coefficient (Wildman–Crippen LogP) is 3.38. The SMILES string of the molecule is CCNC(=NCCC(CC)N1CCCC1=O)NCCc1ccc(-n2cccn2)cc1.I. The second-order valence-corrected chi connectivity index (χ2v) is 7.60. The lowest BCUT2D eigenvalue weighted by atomic mass is 10.1. The van der Waals surface area contributed by atoms with Crippen molar-refractivity contribution >= 4 is 35.8 Å². The fourth-order valence-corrected chi connectivity index (χ4v) is 3.86. The number of amides is 1. The van der Waals surface area contributed by atoms with Crippen molar-refractivity contribution in [1.29, 1.82) is 0 Å². The van der Waals surface area contributed by atoms with E-state index < -0.39 is 0 Å². The number of carbonyl (C=O) groups excluding carboxylic acids is 1. The van der Waals surface area contributed by atoms with Gasteiger partial charge in [0.2, 0.25) is 5.91 Å². The number of rotatable bonds is 10. The first kappa shape index (κ1) is 25.2. The highest BCUT2D eigenvalue weighted by atomic mass is 127. The molecule has 2 heterocycles. The highest BCUT2D eigenvalue weighted by molar-refractivity contribution is 14.0.